The zero-order valence-corrected chi connectivity index (χ0v) is 10.8. The van der Waals surface area contributed by atoms with Gasteiger partial charge in [-0.05, 0) is 42.4 Å². The van der Waals surface area contributed by atoms with Gasteiger partial charge in [0.05, 0.1) is 0 Å². The van der Waals surface area contributed by atoms with Crippen LogP contribution < -0.4 is 0 Å². The summed E-state index contributed by atoms with van der Waals surface area (Å²) in [5.41, 5.74) is 0.596. The van der Waals surface area contributed by atoms with E-state index in [1.54, 1.807) is 0 Å². The molecular formula is C14H28. The highest BCUT2D eigenvalue weighted by atomic mass is 14.4. The minimum absolute atomic E-state index is 0.596. The highest BCUT2D eigenvalue weighted by Gasteiger charge is 2.32. The molecule has 0 aromatic heterocycles. The minimum atomic E-state index is 0.596. The summed E-state index contributed by atoms with van der Waals surface area (Å²) in [5.74, 6) is 2.86. The van der Waals surface area contributed by atoms with Gasteiger partial charge in [0.2, 0.25) is 0 Å². The van der Waals surface area contributed by atoms with Gasteiger partial charge >= 0.3 is 0 Å². The van der Waals surface area contributed by atoms with Gasteiger partial charge in [0.15, 0.2) is 0 Å². The summed E-state index contributed by atoms with van der Waals surface area (Å²) in [5, 5.41) is 0. The molecule has 3 atom stereocenters. The monoisotopic (exact) mass is 196 g/mol. The summed E-state index contributed by atoms with van der Waals surface area (Å²) in [6, 6.07) is 0. The topological polar surface area (TPSA) is 0 Å². The molecule has 0 nitrogen and oxygen atoms in total. The van der Waals surface area contributed by atoms with Crippen LogP contribution in [0, 0.1) is 23.2 Å². The molecule has 0 aromatic rings. The summed E-state index contributed by atoms with van der Waals surface area (Å²) in [6.07, 6.45) is 7.12. The molecule has 1 rings (SSSR count). The third-order valence-corrected chi connectivity index (χ3v) is 4.39. The van der Waals surface area contributed by atoms with Crippen LogP contribution in [-0.4, -0.2) is 0 Å². The molecule has 14 heavy (non-hydrogen) atoms. The molecule has 0 bridgehead atoms. The minimum Gasteiger partial charge on any atom is -0.0654 e. The smallest absolute Gasteiger partial charge is 0.0351 e. The highest BCUT2D eigenvalue weighted by Crippen LogP contribution is 2.43. The van der Waals surface area contributed by atoms with Crippen molar-refractivity contribution in [1.29, 1.82) is 0 Å². The fourth-order valence-corrected chi connectivity index (χ4v) is 3.08. The van der Waals surface area contributed by atoms with E-state index in [0.29, 0.717) is 5.41 Å². The lowest BCUT2D eigenvalue weighted by atomic mass is 9.76. The first kappa shape index (κ1) is 12.1. The van der Waals surface area contributed by atoms with E-state index in [1.165, 1.54) is 32.1 Å². The van der Waals surface area contributed by atoms with Crippen LogP contribution in [0.3, 0.4) is 0 Å². The van der Waals surface area contributed by atoms with Crippen molar-refractivity contribution in [3.05, 3.63) is 0 Å². The van der Waals surface area contributed by atoms with Crippen LogP contribution in [0.1, 0.15) is 66.7 Å². The van der Waals surface area contributed by atoms with Crippen LogP contribution in [0.4, 0.5) is 0 Å². The second-order valence-electron chi connectivity index (χ2n) is 6.29. The number of rotatable bonds is 2. The summed E-state index contributed by atoms with van der Waals surface area (Å²) in [4.78, 5) is 0. The third-order valence-electron chi connectivity index (χ3n) is 4.39. The Bertz CT molecular complexity index is 169. The average Bonchev–Trinajstić information content (AvgIpc) is 2.19. The lowest BCUT2D eigenvalue weighted by Crippen LogP contribution is -2.19. The average molecular weight is 196 g/mol. The van der Waals surface area contributed by atoms with Gasteiger partial charge in [-0.2, -0.15) is 0 Å². The third kappa shape index (κ3) is 3.00. The molecule has 0 heterocycles. The van der Waals surface area contributed by atoms with Crippen molar-refractivity contribution in [2.45, 2.75) is 66.7 Å². The van der Waals surface area contributed by atoms with Crippen LogP contribution in [0.25, 0.3) is 0 Å². The summed E-state index contributed by atoms with van der Waals surface area (Å²) in [7, 11) is 0. The lowest BCUT2D eigenvalue weighted by Gasteiger charge is -2.29. The first-order valence-electron chi connectivity index (χ1n) is 6.46. The molecule has 0 saturated heterocycles. The second-order valence-corrected chi connectivity index (χ2v) is 6.29. The maximum atomic E-state index is 2.48. The highest BCUT2D eigenvalue weighted by molar-refractivity contribution is 4.83. The van der Waals surface area contributed by atoms with Crippen LogP contribution in [0.2, 0.25) is 0 Å². The predicted molar refractivity (Wildman–Crippen MR) is 64.4 cm³/mol. The Morgan fingerprint density at radius 3 is 2.43 bits per heavy atom. The fourth-order valence-electron chi connectivity index (χ4n) is 3.08. The van der Waals surface area contributed by atoms with E-state index < -0.39 is 0 Å². The van der Waals surface area contributed by atoms with E-state index in [4.69, 9.17) is 0 Å². The Morgan fingerprint density at radius 2 is 1.86 bits per heavy atom. The Morgan fingerprint density at radius 1 is 1.21 bits per heavy atom. The van der Waals surface area contributed by atoms with Crippen molar-refractivity contribution in [3.63, 3.8) is 0 Å². The first-order chi connectivity index (χ1) is 6.46. The molecule has 0 radical (unpaired) electrons. The normalized spacial score (nSPS) is 37.9. The SMILES string of the molecule is CCCC1CC(C)(C)CCC(C)C1C. The van der Waals surface area contributed by atoms with Gasteiger partial charge in [-0.1, -0.05) is 47.5 Å². The van der Waals surface area contributed by atoms with Crippen molar-refractivity contribution in [2.75, 3.05) is 0 Å². The molecule has 0 N–H and O–H groups in total. The van der Waals surface area contributed by atoms with Gasteiger partial charge in [-0.15, -0.1) is 0 Å². The van der Waals surface area contributed by atoms with Crippen molar-refractivity contribution in [1.82, 2.24) is 0 Å². The quantitative estimate of drug-likeness (QED) is 0.552. The van der Waals surface area contributed by atoms with E-state index in [2.05, 4.69) is 34.6 Å². The number of hydrogen-bond acceptors (Lipinski definition) is 0. The Hall–Kier alpha value is 0. The van der Waals surface area contributed by atoms with E-state index in [-0.39, 0.29) is 0 Å². The molecule has 0 aromatic carbocycles. The Labute approximate surface area is 90.5 Å². The molecule has 0 amide bonds. The zero-order valence-electron chi connectivity index (χ0n) is 10.8. The van der Waals surface area contributed by atoms with Gasteiger partial charge < -0.3 is 0 Å². The Kier molecular flexibility index (Phi) is 4.04. The predicted octanol–water partition coefficient (Wildman–Crippen LogP) is 4.89. The maximum absolute atomic E-state index is 2.48. The molecular weight excluding hydrogens is 168 g/mol. The maximum Gasteiger partial charge on any atom is -0.0351 e. The first-order valence-corrected chi connectivity index (χ1v) is 6.46. The fraction of sp³-hybridized carbons (Fsp3) is 1.00. The van der Waals surface area contributed by atoms with E-state index in [1.807, 2.05) is 0 Å². The van der Waals surface area contributed by atoms with E-state index in [9.17, 15) is 0 Å². The van der Waals surface area contributed by atoms with Gasteiger partial charge in [-0.3, -0.25) is 0 Å². The van der Waals surface area contributed by atoms with Crippen molar-refractivity contribution < 1.29 is 0 Å². The molecule has 0 spiro atoms. The van der Waals surface area contributed by atoms with Crippen LogP contribution in [0.15, 0.2) is 0 Å². The van der Waals surface area contributed by atoms with Crippen LogP contribution in [-0.2, 0) is 0 Å². The molecule has 0 heteroatoms. The summed E-state index contributed by atoms with van der Waals surface area (Å²) in [6.45, 7) is 12.2. The molecule has 1 saturated carbocycles. The van der Waals surface area contributed by atoms with E-state index in [0.717, 1.165) is 17.8 Å². The standard InChI is InChI=1S/C14H28/c1-6-7-13-10-14(4,5)9-8-11(2)12(13)3/h11-13H,6-10H2,1-5H3. The van der Waals surface area contributed by atoms with Crippen LogP contribution >= 0.6 is 0 Å². The lowest BCUT2D eigenvalue weighted by molar-refractivity contribution is 0.211. The molecule has 1 aliphatic rings. The van der Waals surface area contributed by atoms with Gasteiger partial charge in [0, 0.05) is 0 Å². The van der Waals surface area contributed by atoms with E-state index >= 15 is 0 Å². The zero-order chi connectivity index (χ0) is 10.8. The van der Waals surface area contributed by atoms with Crippen molar-refractivity contribution >= 4 is 0 Å². The summed E-state index contributed by atoms with van der Waals surface area (Å²) < 4.78 is 0. The molecule has 0 aliphatic heterocycles. The van der Waals surface area contributed by atoms with Gasteiger partial charge in [0.1, 0.15) is 0 Å². The molecule has 84 valence electrons. The Balaban J connectivity index is 2.68. The summed E-state index contributed by atoms with van der Waals surface area (Å²) >= 11 is 0. The second kappa shape index (κ2) is 4.68. The van der Waals surface area contributed by atoms with Gasteiger partial charge in [-0.25, -0.2) is 0 Å². The van der Waals surface area contributed by atoms with Crippen LogP contribution in [0.5, 0.6) is 0 Å². The van der Waals surface area contributed by atoms with Crippen molar-refractivity contribution in [2.24, 2.45) is 23.2 Å². The molecule has 3 unspecified atom stereocenters. The molecule has 1 aliphatic carbocycles. The van der Waals surface area contributed by atoms with Crippen molar-refractivity contribution in [3.8, 4) is 0 Å². The number of hydrogen-bond donors (Lipinski definition) is 0. The molecule has 1 fully saturated rings. The van der Waals surface area contributed by atoms with Gasteiger partial charge in [0.25, 0.3) is 0 Å². The largest absolute Gasteiger partial charge is 0.0654 e.